The molecule has 0 aromatic heterocycles. The lowest BCUT2D eigenvalue weighted by molar-refractivity contribution is -0.131. The zero-order valence-electron chi connectivity index (χ0n) is 14.6. The van der Waals surface area contributed by atoms with Crippen molar-refractivity contribution in [2.24, 2.45) is 17.3 Å². The Morgan fingerprint density at radius 1 is 1.18 bits per heavy atom. The molecule has 1 rings (SSSR count). The van der Waals surface area contributed by atoms with Crippen LogP contribution in [0, 0.1) is 17.3 Å². The van der Waals surface area contributed by atoms with Crippen molar-refractivity contribution in [1.29, 1.82) is 0 Å². The smallest absolute Gasteiger partial charge is 0.328 e. The minimum atomic E-state index is -0.906. The summed E-state index contributed by atoms with van der Waals surface area (Å²) in [5.41, 5.74) is 2.31. The van der Waals surface area contributed by atoms with Crippen LogP contribution in [0.2, 0.25) is 0 Å². The van der Waals surface area contributed by atoms with E-state index < -0.39 is 5.97 Å². The van der Waals surface area contributed by atoms with Crippen LogP contribution in [0.5, 0.6) is 0 Å². The van der Waals surface area contributed by atoms with Crippen LogP contribution in [0.25, 0.3) is 0 Å². The van der Waals surface area contributed by atoms with Gasteiger partial charge in [0.05, 0.1) is 0 Å². The molecule has 2 heteroatoms. The van der Waals surface area contributed by atoms with E-state index in [4.69, 9.17) is 5.11 Å². The van der Waals surface area contributed by atoms with Crippen LogP contribution in [0.4, 0.5) is 0 Å². The third kappa shape index (κ3) is 6.05. The molecule has 2 atom stereocenters. The van der Waals surface area contributed by atoms with Crippen molar-refractivity contribution < 1.29 is 9.90 Å². The molecule has 2 nitrogen and oxygen atoms in total. The van der Waals surface area contributed by atoms with Crippen LogP contribution in [-0.2, 0) is 4.79 Å². The summed E-state index contributed by atoms with van der Waals surface area (Å²) < 4.78 is 0. The second kappa shape index (κ2) is 8.17. The highest BCUT2D eigenvalue weighted by molar-refractivity contribution is 5.81. The zero-order valence-corrected chi connectivity index (χ0v) is 14.6. The molecule has 2 unspecified atom stereocenters. The lowest BCUT2D eigenvalue weighted by atomic mass is 9.64. The van der Waals surface area contributed by atoms with Crippen LogP contribution >= 0.6 is 0 Å². The molecular weight excluding hydrogens is 272 g/mol. The predicted octanol–water partition coefficient (Wildman–Crippen LogP) is 5.54. The Kier molecular flexibility index (Phi) is 6.86. The number of hydrogen-bond acceptors (Lipinski definition) is 1. The van der Waals surface area contributed by atoms with Crippen molar-refractivity contribution in [3.63, 3.8) is 0 Å². The van der Waals surface area contributed by atoms with Crippen molar-refractivity contribution in [2.75, 3.05) is 0 Å². The van der Waals surface area contributed by atoms with E-state index in [-0.39, 0.29) is 0 Å². The summed E-state index contributed by atoms with van der Waals surface area (Å²) in [5, 5.41) is 8.66. The molecule has 0 aliphatic heterocycles. The Hall–Kier alpha value is -1.57. The minimum absolute atomic E-state index is 0.380. The van der Waals surface area contributed by atoms with Gasteiger partial charge in [0.2, 0.25) is 0 Å². The van der Waals surface area contributed by atoms with Crippen LogP contribution in [0.1, 0.15) is 53.9 Å². The van der Waals surface area contributed by atoms with E-state index in [2.05, 4.69) is 39.8 Å². The van der Waals surface area contributed by atoms with E-state index in [0.29, 0.717) is 11.3 Å². The number of aliphatic carboxylic acids is 1. The Labute approximate surface area is 135 Å². The highest BCUT2D eigenvalue weighted by Crippen LogP contribution is 2.44. The highest BCUT2D eigenvalue weighted by atomic mass is 16.4. The SMILES string of the molecule is CC(=C/C=C/C(C)=C/C(=O)O)/C=C/C1C(C)CCCC1(C)C. The molecule has 1 aliphatic rings. The molecule has 0 radical (unpaired) electrons. The Balaban J connectivity index is 2.70. The molecule has 1 saturated carbocycles. The number of carbonyl (C=O) groups is 1. The number of rotatable bonds is 5. The first-order valence-corrected chi connectivity index (χ1v) is 8.17. The molecule has 1 fully saturated rings. The van der Waals surface area contributed by atoms with Crippen LogP contribution < -0.4 is 0 Å². The van der Waals surface area contributed by atoms with Gasteiger partial charge in [-0.25, -0.2) is 4.79 Å². The third-order valence-electron chi connectivity index (χ3n) is 4.63. The summed E-state index contributed by atoms with van der Waals surface area (Å²) in [6.45, 7) is 11.0. The van der Waals surface area contributed by atoms with Crippen molar-refractivity contribution in [3.05, 3.63) is 47.6 Å². The largest absolute Gasteiger partial charge is 0.478 e. The van der Waals surface area contributed by atoms with E-state index >= 15 is 0 Å². The molecule has 0 amide bonds. The average molecular weight is 302 g/mol. The first kappa shape index (κ1) is 18.5. The second-order valence-corrected chi connectivity index (χ2v) is 7.24. The maximum Gasteiger partial charge on any atom is 0.328 e. The Bertz CT molecular complexity index is 504. The fraction of sp³-hybridized carbons (Fsp3) is 0.550. The predicted molar refractivity (Wildman–Crippen MR) is 93.7 cm³/mol. The van der Waals surface area contributed by atoms with Gasteiger partial charge in [0, 0.05) is 6.08 Å². The van der Waals surface area contributed by atoms with Crippen molar-refractivity contribution in [2.45, 2.75) is 53.9 Å². The van der Waals surface area contributed by atoms with Gasteiger partial charge in [-0.15, -0.1) is 0 Å². The van der Waals surface area contributed by atoms with Gasteiger partial charge in [0.1, 0.15) is 0 Å². The lowest BCUT2D eigenvalue weighted by Gasteiger charge is -2.41. The van der Waals surface area contributed by atoms with Gasteiger partial charge in [-0.05, 0) is 43.1 Å². The molecule has 0 saturated heterocycles. The number of carboxylic acids is 1. The standard InChI is InChI=1S/C20H30O2/c1-15(8-6-9-16(2)14-19(21)22)11-12-18-17(3)10-7-13-20(18,4)5/h6,8-9,11-12,14,17-18H,7,10,13H2,1-5H3,(H,21,22)/b9-6+,12-11+,15-8-,16-14+. The molecule has 22 heavy (non-hydrogen) atoms. The maximum absolute atomic E-state index is 10.5. The van der Waals surface area contributed by atoms with E-state index in [1.54, 1.807) is 6.92 Å². The molecule has 122 valence electrons. The van der Waals surface area contributed by atoms with E-state index in [1.807, 2.05) is 18.2 Å². The average Bonchev–Trinajstić information content (AvgIpc) is 2.36. The molecule has 0 aromatic carbocycles. The molecule has 0 aromatic rings. The van der Waals surface area contributed by atoms with Crippen LogP contribution in [0.15, 0.2) is 47.6 Å². The topological polar surface area (TPSA) is 37.3 Å². The monoisotopic (exact) mass is 302 g/mol. The van der Waals surface area contributed by atoms with Gasteiger partial charge in [0.15, 0.2) is 0 Å². The Morgan fingerprint density at radius 2 is 1.86 bits per heavy atom. The van der Waals surface area contributed by atoms with Crippen LogP contribution in [0.3, 0.4) is 0 Å². The summed E-state index contributed by atoms with van der Waals surface area (Å²) in [5.74, 6) is 0.461. The maximum atomic E-state index is 10.5. The van der Waals surface area contributed by atoms with E-state index in [0.717, 1.165) is 11.5 Å². The number of carboxylic acid groups (broad SMARTS) is 1. The lowest BCUT2D eigenvalue weighted by Crippen LogP contribution is -2.32. The van der Waals surface area contributed by atoms with Gasteiger partial charge >= 0.3 is 5.97 Å². The van der Waals surface area contributed by atoms with Gasteiger partial charge in [-0.2, -0.15) is 0 Å². The summed E-state index contributed by atoms with van der Waals surface area (Å²) in [7, 11) is 0. The van der Waals surface area contributed by atoms with Gasteiger partial charge in [0.25, 0.3) is 0 Å². The molecule has 0 spiro atoms. The summed E-state index contributed by atoms with van der Waals surface area (Å²) in [6, 6.07) is 0. The summed E-state index contributed by atoms with van der Waals surface area (Å²) in [4.78, 5) is 10.5. The van der Waals surface area contributed by atoms with Gasteiger partial charge in [-0.1, -0.05) is 69.6 Å². The van der Waals surface area contributed by atoms with Crippen molar-refractivity contribution in [1.82, 2.24) is 0 Å². The van der Waals surface area contributed by atoms with Gasteiger partial charge in [-0.3, -0.25) is 0 Å². The third-order valence-corrected chi connectivity index (χ3v) is 4.63. The van der Waals surface area contributed by atoms with Crippen molar-refractivity contribution in [3.8, 4) is 0 Å². The van der Waals surface area contributed by atoms with Crippen LogP contribution in [-0.4, -0.2) is 11.1 Å². The quantitative estimate of drug-likeness (QED) is 0.535. The summed E-state index contributed by atoms with van der Waals surface area (Å²) >= 11 is 0. The van der Waals surface area contributed by atoms with E-state index in [9.17, 15) is 4.79 Å². The highest BCUT2D eigenvalue weighted by Gasteiger charge is 2.34. The molecule has 1 N–H and O–H groups in total. The summed E-state index contributed by atoms with van der Waals surface area (Å²) in [6.07, 6.45) is 15.5. The number of hydrogen-bond donors (Lipinski definition) is 1. The first-order chi connectivity index (χ1) is 10.2. The van der Waals surface area contributed by atoms with E-state index in [1.165, 1.54) is 30.9 Å². The fourth-order valence-corrected chi connectivity index (χ4v) is 3.35. The van der Waals surface area contributed by atoms with Crippen molar-refractivity contribution >= 4 is 5.97 Å². The molecule has 0 bridgehead atoms. The normalized spacial score (nSPS) is 26.8. The zero-order chi connectivity index (χ0) is 16.8. The molecule has 0 heterocycles. The first-order valence-electron chi connectivity index (χ1n) is 8.17. The Morgan fingerprint density at radius 3 is 2.45 bits per heavy atom. The number of allylic oxidation sites excluding steroid dienone is 7. The fourth-order valence-electron chi connectivity index (χ4n) is 3.35. The second-order valence-electron chi connectivity index (χ2n) is 7.24. The van der Waals surface area contributed by atoms with Gasteiger partial charge < -0.3 is 5.11 Å². The molecular formula is C20H30O2. The molecule has 1 aliphatic carbocycles. The minimum Gasteiger partial charge on any atom is -0.478 e.